The normalized spacial score (nSPS) is 16.3. The first-order valence-corrected chi connectivity index (χ1v) is 9.02. The molecule has 26 heavy (non-hydrogen) atoms. The summed E-state index contributed by atoms with van der Waals surface area (Å²) in [5.41, 5.74) is 4.10. The van der Waals surface area contributed by atoms with E-state index in [-0.39, 0.29) is 5.91 Å². The van der Waals surface area contributed by atoms with E-state index in [9.17, 15) is 4.79 Å². The Balaban J connectivity index is 1.55. The number of fused-ring (bicyclic) bond motifs is 1. The van der Waals surface area contributed by atoms with Crippen molar-refractivity contribution in [3.8, 4) is 0 Å². The van der Waals surface area contributed by atoms with Gasteiger partial charge in [0.25, 0.3) is 5.91 Å². The lowest BCUT2D eigenvalue weighted by Crippen LogP contribution is -2.32. The molecule has 0 aliphatic carbocycles. The highest BCUT2D eigenvalue weighted by atomic mass is 16.2. The fraction of sp³-hybridized carbons (Fsp3) is 0.421. The smallest absolute Gasteiger partial charge is 0.274 e. The van der Waals surface area contributed by atoms with Crippen LogP contribution < -0.4 is 5.32 Å². The number of carbonyl (C=O) groups excluding carboxylic acids is 1. The van der Waals surface area contributed by atoms with E-state index in [1.807, 2.05) is 32.0 Å². The summed E-state index contributed by atoms with van der Waals surface area (Å²) < 4.78 is 2.05. The summed E-state index contributed by atoms with van der Waals surface area (Å²) in [4.78, 5) is 15.1. The number of hydrogen-bond donors (Lipinski definition) is 2. The van der Waals surface area contributed by atoms with Crippen molar-refractivity contribution in [1.82, 2.24) is 24.9 Å². The molecule has 136 valence electrons. The fourth-order valence-electron chi connectivity index (χ4n) is 3.69. The van der Waals surface area contributed by atoms with Crippen molar-refractivity contribution in [2.45, 2.75) is 32.7 Å². The Labute approximate surface area is 152 Å². The minimum atomic E-state index is -0.191. The zero-order chi connectivity index (χ0) is 18.3. The second-order valence-electron chi connectivity index (χ2n) is 7.15. The number of aromatic nitrogens is 4. The van der Waals surface area contributed by atoms with Crippen LogP contribution in [0.1, 0.15) is 40.6 Å². The fourth-order valence-corrected chi connectivity index (χ4v) is 3.69. The minimum Gasteiger partial charge on any atom is -0.318 e. The van der Waals surface area contributed by atoms with Crippen LogP contribution in [0.3, 0.4) is 0 Å². The maximum absolute atomic E-state index is 12.8. The summed E-state index contributed by atoms with van der Waals surface area (Å²) in [5.74, 6) is -0.191. The van der Waals surface area contributed by atoms with Gasteiger partial charge < -0.3 is 10.2 Å². The van der Waals surface area contributed by atoms with Crippen molar-refractivity contribution in [1.29, 1.82) is 0 Å². The zero-order valence-electron chi connectivity index (χ0n) is 15.4. The molecule has 1 aliphatic heterocycles. The Hall–Kier alpha value is -2.67. The summed E-state index contributed by atoms with van der Waals surface area (Å²) in [6, 6.07) is 6.23. The number of aryl methyl sites for hydroxylation is 1. The van der Waals surface area contributed by atoms with Crippen molar-refractivity contribution in [3.05, 3.63) is 41.3 Å². The number of nitrogens with zero attached hydrogens (tertiary/aromatic N) is 4. The van der Waals surface area contributed by atoms with E-state index in [0.717, 1.165) is 53.8 Å². The standard InChI is InChI=1S/C19H24N6O/c1-12-5-4-6-15-17(12)22-23-18(15)19(26)21-16-11-20-25(13(16)2)14-7-9-24(3)10-8-14/h4-6,11,14H,7-10H2,1-3H3,(H,21,26)(H,22,23). The first kappa shape index (κ1) is 16.8. The van der Waals surface area contributed by atoms with Crippen molar-refractivity contribution in [2.75, 3.05) is 25.5 Å². The van der Waals surface area contributed by atoms with Gasteiger partial charge >= 0.3 is 0 Å². The number of piperidine rings is 1. The van der Waals surface area contributed by atoms with Gasteiger partial charge in [-0.05, 0) is 52.4 Å². The average Bonchev–Trinajstić information content (AvgIpc) is 3.21. The Bertz CT molecular complexity index is 948. The summed E-state index contributed by atoms with van der Waals surface area (Å²) in [5, 5.41) is 15.5. The maximum Gasteiger partial charge on any atom is 0.274 e. The van der Waals surface area contributed by atoms with Crippen LogP contribution in [0.25, 0.3) is 10.9 Å². The number of likely N-dealkylation sites (tertiary alicyclic amines) is 1. The predicted octanol–water partition coefficient (Wildman–Crippen LogP) is 2.90. The molecular formula is C19H24N6O. The van der Waals surface area contributed by atoms with E-state index in [1.54, 1.807) is 6.20 Å². The third-order valence-corrected chi connectivity index (χ3v) is 5.34. The molecule has 3 aromatic rings. The van der Waals surface area contributed by atoms with Crippen LogP contribution >= 0.6 is 0 Å². The van der Waals surface area contributed by atoms with Gasteiger partial charge in [0.2, 0.25) is 0 Å². The monoisotopic (exact) mass is 352 g/mol. The number of carbonyl (C=O) groups is 1. The number of rotatable bonds is 3. The number of anilines is 1. The van der Waals surface area contributed by atoms with Crippen LogP contribution in [0.15, 0.2) is 24.4 Å². The van der Waals surface area contributed by atoms with Crippen molar-refractivity contribution < 1.29 is 4.79 Å². The average molecular weight is 352 g/mol. The van der Waals surface area contributed by atoms with Crippen LogP contribution in [0.5, 0.6) is 0 Å². The van der Waals surface area contributed by atoms with Crippen LogP contribution in [0, 0.1) is 13.8 Å². The van der Waals surface area contributed by atoms with Gasteiger partial charge in [-0.3, -0.25) is 14.6 Å². The SMILES string of the molecule is Cc1cccc2c(C(=O)Nc3cnn(C4CCN(C)CC4)c3C)[nH]nc12. The largest absolute Gasteiger partial charge is 0.318 e. The van der Waals surface area contributed by atoms with E-state index >= 15 is 0 Å². The van der Waals surface area contributed by atoms with Crippen LogP contribution in [0.4, 0.5) is 5.69 Å². The van der Waals surface area contributed by atoms with Crippen LogP contribution in [0.2, 0.25) is 0 Å². The third kappa shape index (κ3) is 2.88. The van der Waals surface area contributed by atoms with Crippen LogP contribution in [-0.2, 0) is 0 Å². The number of para-hydroxylation sites is 1. The summed E-state index contributed by atoms with van der Waals surface area (Å²) >= 11 is 0. The molecule has 1 saturated heterocycles. The van der Waals surface area contributed by atoms with Crippen LogP contribution in [-0.4, -0.2) is 50.9 Å². The molecule has 4 rings (SSSR count). The molecule has 7 nitrogen and oxygen atoms in total. The lowest BCUT2D eigenvalue weighted by atomic mass is 10.1. The Kier molecular flexibility index (Phi) is 4.24. The van der Waals surface area contributed by atoms with Gasteiger partial charge in [0.1, 0.15) is 5.69 Å². The molecule has 1 aliphatic rings. The first-order chi connectivity index (χ1) is 12.5. The lowest BCUT2D eigenvalue weighted by Gasteiger charge is -2.29. The molecule has 0 spiro atoms. The first-order valence-electron chi connectivity index (χ1n) is 9.02. The molecule has 3 heterocycles. The van der Waals surface area contributed by atoms with E-state index in [2.05, 4.69) is 37.2 Å². The van der Waals surface area contributed by atoms with Crippen molar-refractivity contribution >= 4 is 22.5 Å². The highest BCUT2D eigenvalue weighted by Crippen LogP contribution is 2.26. The van der Waals surface area contributed by atoms with Gasteiger partial charge in [0, 0.05) is 5.39 Å². The minimum absolute atomic E-state index is 0.191. The molecule has 2 N–H and O–H groups in total. The van der Waals surface area contributed by atoms with Gasteiger partial charge in [0.15, 0.2) is 0 Å². The summed E-state index contributed by atoms with van der Waals surface area (Å²) in [6.07, 6.45) is 3.91. The third-order valence-electron chi connectivity index (χ3n) is 5.34. The van der Waals surface area contributed by atoms with Gasteiger partial charge in [-0.15, -0.1) is 0 Å². The maximum atomic E-state index is 12.8. The van der Waals surface area contributed by atoms with Gasteiger partial charge in [-0.1, -0.05) is 18.2 Å². The molecule has 0 bridgehead atoms. The molecule has 0 radical (unpaired) electrons. The number of H-pyrrole nitrogens is 1. The van der Waals surface area contributed by atoms with Gasteiger partial charge in [0.05, 0.1) is 29.1 Å². The zero-order valence-corrected chi connectivity index (χ0v) is 15.4. The molecule has 1 aromatic carbocycles. The van der Waals surface area contributed by atoms with E-state index in [0.29, 0.717) is 11.7 Å². The molecular weight excluding hydrogens is 328 g/mol. The second-order valence-corrected chi connectivity index (χ2v) is 7.15. The van der Waals surface area contributed by atoms with E-state index < -0.39 is 0 Å². The molecule has 0 unspecified atom stereocenters. The summed E-state index contributed by atoms with van der Waals surface area (Å²) in [6.45, 7) is 6.15. The van der Waals surface area contributed by atoms with Crippen molar-refractivity contribution in [3.63, 3.8) is 0 Å². The molecule has 7 heteroatoms. The second kappa shape index (κ2) is 6.57. The van der Waals surface area contributed by atoms with E-state index in [4.69, 9.17) is 0 Å². The molecule has 2 aromatic heterocycles. The molecule has 0 saturated carbocycles. The highest BCUT2D eigenvalue weighted by molar-refractivity contribution is 6.11. The topological polar surface area (TPSA) is 78.8 Å². The number of hydrogen-bond acceptors (Lipinski definition) is 4. The Morgan fingerprint density at radius 3 is 2.81 bits per heavy atom. The number of nitrogens with one attached hydrogen (secondary N) is 2. The van der Waals surface area contributed by atoms with Gasteiger partial charge in [-0.25, -0.2) is 0 Å². The molecule has 1 fully saturated rings. The Morgan fingerprint density at radius 1 is 1.27 bits per heavy atom. The summed E-state index contributed by atoms with van der Waals surface area (Å²) in [7, 11) is 2.15. The van der Waals surface area contributed by atoms with E-state index in [1.165, 1.54) is 0 Å². The highest BCUT2D eigenvalue weighted by Gasteiger charge is 2.22. The quantitative estimate of drug-likeness (QED) is 0.760. The molecule has 1 amide bonds. The molecule has 0 atom stereocenters. The number of benzene rings is 1. The number of amides is 1. The van der Waals surface area contributed by atoms with Gasteiger partial charge in [-0.2, -0.15) is 10.2 Å². The Morgan fingerprint density at radius 2 is 2.04 bits per heavy atom. The lowest BCUT2D eigenvalue weighted by molar-refractivity contribution is 0.102. The predicted molar refractivity (Wildman–Crippen MR) is 102 cm³/mol. The van der Waals surface area contributed by atoms with Crippen molar-refractivity contribution in [2.24, 2.45) is 0 Å². The number of aromatic amines is 1.